The summed E-state index contributed by atoms with van der Waals surface area (Å²) in [6, 6.07) is 0. The zero-order valence-corrected chi connectivity index (χ0v) is 7.34. The molecule has 1 saturated heterocycles. The van der Waals surface area contributed by atoms with Gasteiger partial charge in [0.05, 0.1) is 6.20 Å². The summed E-state index contributed by atoms with van der Waals surface area (Å²) in [5, 5.41) is 7.18. The van der Waals surface area contributed by atoms with E-state index in [1.807, 2.05) is 13.1 Å². The molecule has 0 aromatic carbocycles. The molecule has 1 aromatic heterocycles. The molecule has 2 heterocycles. The highest BCUT2D eigenvalue weighted by molar-refractivity contribution is 5.18. The van der Waals surface area contributed by atoms with E-state index in [0.29, 0.717) is 5.92 Å². The van der Waals surface area contributed by atoms with Crippen LogP contribution in [0.1, 0.15) is 30.1 Å². The molecule has 12 heavy (non-hydrogen) atoms. The van der Waals surface area contributed by atoms with Crippen molar-refractivity contribution in [1.82, 2.24) is 10.5 Å². The fourth-order valence-electron chi connectivity index (χ4n) is 1.82. The van der Waals surface area contributed by atoms with Crippen LogP contribution in [0.15, 0.2) is 10.7 Å². The summed E-state index contributed by atoms with van der Waals surface area (Å²) >= 11 is 0. The minimum absolute atomic E-state index is 0.616. The molecule has 0 amide bonds. The summed E-state index contributed by atoms with van der Waals surface area (Å²) in [5.74, 6) is 1.59. The fraction of sp³-hybridized carbons (Fsp3) is 0.667. The van der Waals surface area contributed by atoms with Crippen molar-refractivity contribution >= 4 is 0 Å². The zero-order chi connectivity index (χ0) is 8.39. The van der Waals surface area contributed by atoms with Crippen LogP contribution in [-0.4, -0.2) is 18.2 Å². The molecule has 1 unspecified atom stereocenters. The van der Waals surface area contributed by atoms with Crippen LogP contribution < -0.4 is 5.32 Å². The lowest BCUT2D eigenvalue weighted by molar-refractivity contribution is 0.391. The van der Waals surface area contributed by atoms with Crippen molar-refractivity contribution in [3.63, 3.8) is 0 Å². The van der Waals surface area contributed by atoms with E-state index in [0.717, 1.165) is 18.8 Å². The Morgan fingerprint density at radius 2 is 2.58 bits per heavy atom. The Kier molecular flexibility index (Phi) is 2.13. The van der Waals surface area contributed by atoms with Gasteiger partial charge in [-0.15, -0.1) is 0 Å². The number of aryl methyl sites for hydroxylation is 1. The smallest absolute Gasteiger partial charge is 0.137 e. The van der Waals surface area contributed by atoms with E-state index < -0.39 is 0 Å². The predicted molar refractivity (Wildman–Crippen MR) is 46.1 cm³/mol. The Morgan fingerprint density at radius 3 is 3.17 bits per heavy atom. The molecule has 0 saturated carbocycles. The monoisotopic (exact) mass is 166 g/mol. The maximum atomic E-state index is 5.04. The molecule has 1 N–H and O–H groups in total. The maximum absolute atomic E-state index is 5.04. The van der Waals surface area contributed by atoms with E-state index in [9.17, 15) is 0 Å². The standard InChI is InChI=1S/C9H14N2O/c1-7-9(6-11-12-7)8-3-2-4-10-5-8/h6,8,10H,2-5H2,1H3. The van der Waals surface area contributed by atoms with Crippen molar-refractivity contribution in [2.75, 3.05) is 13.1 Å². The number of nitrogens with zero attached hydrogens (tertiary/aromatic N) is 1. The highest BCUT2D eigenvalue weighted by atomic mass is 16.5. The van der Waals surface area contributed by atoms with Crippen LogP contribution in [0.5, 0.6) is 0 Å². The second kappa shape index (κ2) is 3.27. The molecule has 1 aliphatic rings. The summed E-state index contributed by atoms with van der Waals surface area (Å²) in [5.41, 5.74) is 1.28. The van der Waals surface area contributed by atoms with Crippen LogP contribution in [0.2, 0.25) is 0 Å². The highest BCUT2D eigenvalue weighted by Crippen LogP contribution is 2.25. The Bertz CT molecular complexity index is 251. The van der Waals surface area contributed by atoms with E-state index in [2.05, 4.69) is 10.5 Å². The summed E-state index contributed by atoms with van der Waals surface area (Å²) in [6.45, 7) is 4.21. The number of hydrogen-bond donors (Lipinski definition) is 1. The van der Waals surface area contributed by atoms with Crippen molar-refractivity contribution in [3.05, 3.63) is 17.5 Å². The average Bonchev–Trinajstić information content (AvgIpc) is 2.53. The second-order valence-electron chi connectivity index (χ2n) is 3.38. The largest absolute Gasteiger partial charge is 0.361 e. The second-order valence-corrected chi connectivity index (χ2v) is 3.38. The first-order valence-corrected chi connectivity index (χ1v) is 4.50. The van der Waals surface area contributed by atoms with Crippen LogP contribution in [0.4, 0.5) is 0 Å². The van der Waals surface area contributed by atoms with E-state index in [-0.39, 0.29) is 0 Å². The molecule has 0 aliphatic carbocycles. The van der Waals surface area contributed by atoms with Gasteiger partial charge >= 0.3 is 0 Å². The van der Waals surface area contributed by atoms with Crippen LogP contribution >= 0.6 is 0 Å². The zero-order valence-electron chi connectivity index (χ0n) is 7.34. The van der Waals surface area contributed by atoms with Gasteiger partial charge in [-0.05, 0) is 26.3 Å². The Balaban J connectivity index is 2.13. The molecule has 1 fully saturated rings. The average molecular weight is 166 g/mol. The van der Waals surface area contributed by atoms with Crippen molar-refractivity contribution in [3.8, 4) is 0 Å². The third kappa shape index (κ3) is 1.37. The Morgan fingerprint density at radius 1 is 1.67 bits per heavy atom. The normalized spacial score (nSPS) is 24.2. The van der Waals surface area contributed by atoms with E-state index >= 15 is 0 Å². The molecule has 0 spiro atoms. The van der Waals surface area contributed by atoms with E-state index in [1.54, 1.807) is 0 Å². The number of piperidine rings is 1. The molecule has 3 heteroatoms. The van der Waals surface area contributed by atoms with Crippen LogP contribution in [-0.2, 0) is 0 Å². The lowest BCUT2D eigenvalue weighted by atomic mass is 9.92. The first-order chi connectivity index (χ1) is 5.88. The maximum Gasteiger partial charge on any atom is 0.137 e. The van der Waals surface area contributed by atoms with Gasteiger partial charge in [0.25, 0.3) is 0 Å². The molecule has 2 rings (SSSR count). The minimum atomic E-state index is 0.616. The number of nitrogens with one attached hydrogen (secondary N) is 1. The van der Waals surface area contributed by atoms with Crippen molar-refractivity contribution in [2.24, 2.45) is 0 Å². The predicted octanol–water partition coefficient (Wildman–Crippen LogP) is 1.45. The van der Waals surface area contributed by atoms with Gasteiger partial charge in [0.2, 0.25) is 0 Å². The number of hydrogen-bond acceptors (Lipinski definition) is 3. The molecule has 1 atom stereocenters. The van der Waals surface area contributed by atoms with Crippen LogP contribution in [0, 0.1) is 6.92 Å². The summed E-state index contributed by atoms with van der Waals surface area (Å²) in [6.07, 6.45) is 4.37. The molecular weight excluding hydrogens is 152 g/mol. The lowest BCUT2D eigenvalue weighted by Gasteiger charge is -2.21. The van der Waals surface area contributed by atoms with Gasteiger partial charge in [-0.3, -0.25) is 0 Å². The van der Waals surface area contributed by atoms with Crippen LogP contribution in [0.3, 0.4) is 0 Å². The van der Waals surface area contributed by atoms with Crippen molar-refractivity contribution < 1.29 is 4.52 Å². The topological polar surface area (TPSA) is 38.1 Å². The molecule has 0 bridgehead atoms. The van der Waals surface area contributed by atoms with Gasteiger partial charge in [-0.2, -0.15) is 0 Å². The summed E-state index contributed by atoms with van der Waals surface area (Å²) in [4.78, 5) is 0. The highest BCUT2D eigenvalue weighted by Gasteiger charge is 2.18. The van der Waals surface area contributed by atoms with E-state index in [1.165, 1.54) is 18.4 Å². The number of rotatable bonds is 1. The molecule has 1 aliphatic heterocycles. The number of aromatic nitrogens is 1. The van der Waals surface area contributed by atoms with Crippen molar-refractivity contribution in [1.29, 1.82) is 0 Å². The quantitative estimate of drug-likeness (QED) is 0.686. The van der Waals surface area contributed by atoms with Gasteiger partial charge in [-0.1, -0.05) is 5.16 Å². The van der Waals surface area contributed by atoms with Gasteiger partial charge in [0.1, 0.15) is 5.76 Å². The molecule has 0 radical (unpaired) electrons. The molecule has 66 valence electrons. The summed E-state index contributed by atoms with van der Waals surface area (Å²) in [7, 11) is 0. The third-order valence-corrected chi connectivity index (χ3v) is 2.52. The summed E-state index contributed by atoms with van der Waals surface area (Å²) < 4.78 is 5.04. The molecule has 3 nitrogen and oxygen atoms in total. The minimum Gasteiger partial charge on any atom is -0.361 e. The fourth-order valence-corrected chi connectivity index (χ4v) is 1.82. The molecule has 1 aromatic rings. The van der Waals surface area contributed by atoms with Gasteiger partial charge < -0.3 is 9.84 Å². The Hall–Kier alpha value is -0.830. The first-order valence-electron chi connectivity index (χ1n) is 4.50. The molecular formula is C9H14N2O. The lowest BCUT2D eigenvalue weighted by Crippen LogP contribution is -2.28. The van der Waals surface area contributed by atoms with E-state index in [4.69, 9.17) is 4.52 Å². The SMILES string of the molecule is Cc1oncc1C1CCCNC1. The third-order valence-electron chi connectivity index (χ3n) is 2.52. The Labute approximate surface area is 72.1 Å². The van der Waals surface area contributed by atoms with Crippen molar-refractivity contribution in [2.45, 2.75) is 25.7 Å². The van der Waals surface area contributed by atoms with Gasteiger partial charge in [-0.25, -0.2) is 0 Å². The van der Waals surface area contributed by atoms with Gasteiger partial charge in [0.15, 0.2) is 0 Å². The van der Waals surface area contributed by atoms with Gasteiger partial charge in [0, 0.05) is 18.0 Å². The first kappa shape index (κ1) is 7.80. The van der Waals surface area contributed by atoms with Crippen LogP contribution in [0.25, 0.3) is 0 Å².